The maximum absolute atomic E-state index is 12.1. The molecule has 2 aromatic carbocycles. The normalized spacial score (nSPS) is 14.9. The summed E-state index contributed by atoms with van der Waals surface area (Å²) in [4.78, 5) is 14.5. The first-order chi connectivity index (χ1) is 12.6. The van der Waals surface area contributed by atoms with Crippen molar-refractivity contribution in [3.63, 3.8) is 0 Å². The summed E-state index contributed by atoms with van der Waals surface area (Å²) in [5.41, 5.74) is 3.00. The van der Waals surface area contributed by atoms with Crippen LogP contribution in [0, 0.1) is 5.92 Å². The second-order valence-electron chi connectivity index (χ2n) is 6.95. The molecule has 0 spiro atoms. The monoisotopic (exact) mass is 371 g/mol. The number of carbonyl (C=O) groups excluding carboxylic acids is 1. The highest BCUT2D eigenvalue weighted by molar-refractivity contribution is 6.30. The zero-order chi connectivity index (χ0) is 18.4. The van der Waals surface area contributed by atoms with Crippen LogP contribution in [0.15, 0.2) is 48.5 Å². The van der Waals surface area contributed by atoms with Crippen LogP contribution >= 0.6 is 11.6 Å². The van der Waals surface area contributed by atoms with Crippen LogP contribution in [0.25, 0.3) is 0 Å². The average molecular weight is 372 g/mol. The van der Waals surface area contributed by atoms with Gasteiger partial charge < -0.3 is 15.5 Å². The number of nitrogens with one attached hydrogen (secondary N) is 2. The fraction of sp³-hybridized carbons (Fsp3) is 0.381. The summed E-state index contributed by atoms with van der Waals surface area (Å²) in [6, 6.07) is 15.6. The molecule has 1 amide bonds. The Morgan fingerprint density at radius 2 is 1.85 bits per heavy atom. The standard InChI is InChI=1S/C21H26ClN3O/c1-16-10-13-25(14-11-16)20-7-5-18(6-8-20)24-21(26)9-12-23-19-4-2-3-17(22)15-19/h2-8,15-16,23H,9-14H2,1H3,(H,24,26). The van der Waals surface area contributed by atoms with E-state index in [1.165, 1.54) is 18.5 Å². The molecule has 1 fully saturated rings. The lowest BCUT2D eigenvalue weighted by Gasteiger charge is -2.32. The molecule has 138 valence electrons. The number of halogens is 1. The van der Waals surface area contributed by atoms with Gasteiger partial charge in [0.25, 0.3) is 0 Å². The van der Waals surface area contributed by atoms with Crippen molar-refractivity contribution in [1.29, 1.82) is 0 Å². The van der Waals surface area contributed by atoms with Crippen LogP contribution in [0.4, 0.5) is 17.1 Å². The number of hydrogen-bond donors (Lipinski definition) is 2. The summed E-state index contributed by atoms with van der Waals surface area (Å²) in [5, 5.41) is 6.84. The van der Waals surface area contributed by atoms with E-state index in [0.29, 0.717) is 18.0 Å². The molecule has 0 saturated carbocycles. The molecule has 0 radical (unpaired) electrons. The number of anilines is 3. The minimum atomic E-state index is -0.000856. The maximum atomic E-state index is 12.1. The smallest absolute Gasteiger partial charge is 0.226 e. The predicted molar refractivity (Wildman–Crippen MR) is 110 cm³/mol. The lowest BCUT2D eigenvalue weighted by atomic mass is 9.99. The Morgan fingerprint density at radius 1 is 1.12 bits per heavy atom. The highest BCUT2D eigenvalue weighted by Crippen LogP contribution is 2.24. The molecular formula is C21H26ClN3O. The van der Waals surface area contributed by atoms with E-state index in [9.17, 15) is 4.79 Å². The van der Waals surface area contributed by atoms with Crippen LogP contribution in [0.2, 0.25) is 5.02 Å². The van der Waals surface area contributed by atoms with Gasteiger partial charge >= 0.3 is 0 Å². The van der Waals surface area contributed by atoms with Crippen molar-refractivity contribution in [3.05, 3.63) is 53.6 Å². The molecule has 1 aliphatic rings. The van der Waals surface area contributed by atoms with Crippen LogP contribution in [-0.2, 0) is 4.79 Å². The number of rotatable bonds is 6. The van der Waals surface area contributed by atoms with Crippen LogP contribution in [0.3, 0.4) is 0 Å². The Labute approximate surface area is 160 Å². The Hall–Kier alpha value is -2.20. The van der Waals surface area contributed by atoms with E-state index in [0.717, 1.165) is 30.4 Å². The van der Waals surface area contributed by atoms with Gasteiger partial charge in [-0.05, 0) is 61.2 Å². The van der Waals surface area contributed by atoms with Gasteiger partial charge in [-0.1, -0.05) is 24.6 Å². The van der Waals surface area contributed by atoms with Gasteiger partial charge in [-0.25, -0.2) is 0 Å². The third-order valence-electron chi connectivity index (χ3n) is 4.81. The zero-order valence-electron chi connectivity index (χ0n) is 15.2. The molecule has 5 heteroatoms. The van der Waals surface area contributed by atoms with E-state index >= 15 is 0 Å². The molecule has 0 aliphatic carbocycles. The minimum Gasteiger partial charge on any atom is -0.384 e. The molecular weight excluding hydrogens is 346 g/mol. The molecule has 0 atom stereocenters. The summed E-state index contributed by atoms with van der Waals surface area (Å²) in [7, 11) is 0. The van der Waals surface area contributed by atoms with Gasteiger partial charge in [0, 0.05) is 48.1 Å². The maximum Gasteiger partial charge on any atom is 0.226 e. The van der Waals surface area contributed by atoms with E-state index in [-0.39, 0.29) is 5.91 Å². The van der Waals surface area contributed by atoms with Gasteiger partial charge in [0.1, 0.15) is 0 Å². The fourth-order valence-corrected chi connectivity index (χ4v) is 3.35. The molecule has 2 aromatic rings. The van der Waals surface area contributed by atoms with Gasteiger partial charge in [-0.3, -0.25) is 4.79 Å². The van der Waals surface area contributed by atoms with Gasteiger partial charge in [0.15, 0.2) is 0 Å². The molecule has 0 aromatic heterocycles. The average Bonchev–Trinajstić information content (AvgIpc) is 2.63. The summed E-state index contributed by atoms with van der Waals surface area (Å²) in [6.45, 7) is 5.11. The summed E-state index contributed by atoms with van der Waals surface area (Å²) < 4.78 is 0. The summed E-state index contributed by atoms with van der Waals surface area (Å²) in [5.74, 6) is 0.824. The van der Waals surface area contributed by atoms with Crippen LogP contribution in [0.1, 0.15) is 26.2 Å². The second-order valence-corrected chi connectivity index (χ2v) is 7.39. The topological polar surface area (TPSA) is 44.4 Å². The zero-order valence-corrected chi connectivity index (χ0v) is 15.9. The summed E-state index contributed by atoms with van der Waals surface area (Å²) in [6.07, 6.45) is 2.90. The molecule has 2 N–H and O–H groups in total. The van der Waals surface area contributed by atoms with E-state index in [1.54, 1.807) is 0 Å². The van der Waals surface area contributed by atoms with E-state index in [2.05, 4.69) is 34.6 Å². The number of piperidine rings is 1. The Kier molecular flexibility index (Phi) is 6.40. The number of benzene rings is 2. The second kappa shape index (κ2) is 8.95. The van der Waals surface area contributed by atoms with Crippen LogP contribution in [-0.4, -0.2) is 25.5 Å². The molecule has 3 rings (SSSR count). The SMILES string of the molecule is CC1CCN(c2ccc(NC(=O)CCNc3cccc(Cl)c3)cc2)CC1. The van der Waals surface area contributed by atoms with Gasteiger partial charge in [0.2, 0.25) is 5.91 Å². The van der Waals surface area contributed by atoms with Gasteiger partial charge in [0.05, 0.1) is 0 Å². The third-order valence-corrected chi connectivity index (χ3v) is 5.04. The Bertz CT molecular complexity index is 724. The first-order valence-electron chi connectivity index (χ1n) is 9.24. The largest absolute Gasteiger partial charge is 0.384 e. The highest BCUT2D eigenvalue weighted by atomic mass is 35.5. The molecule has 1 saturated heterocycles. The molecule has 1 aliphatic heterocycles. The fourth-order valence-electron chi connectivity index (χ4n) is 3.16. The van der Waals surface area contributed by atoms with E-state index in [1.807, 2.05) is 36.4 Å². The Morgan fingerprint density at radius 3 is 2.54 bits per heavy atom. The third kappa shape index (κ3) is 5.40. The number of nitrogens with zero attached hydrogens (tertiary/aromatic N) is 1. The van der Waals surface area contributed by atoms with Crippen molar-refractivity contribution >= 4 is 34.6 Å². The highest BCUT2D eigenvalue weighted by Gasteiger charge is 2.15. The van der Waals surface area contributed by atoms with E-state index < -0.39 is 0 Å². The number of amides is 1. The molecule has 26 heavy (non-hydrogen) atoms. The van der Waals surface area contributed by atoms with Crippen molar-refractivity contribution in [2.45, 2.75) is 26.2 Å². The van der Waals surface area contributed by atoms with Crippen molar-refractivity contribution in [2.75, 3.05) is 35.2 Å². The van der Waals surface area contributed by atoms with E-state index in [4.69, 9.17) is 11.6 Å². The van der Waals surface area contributed by atoms with Crippen LogP contribution < -0.4 is 15.5 Å². The molecule has 0 bridgehead atoms. The Balaban J connectivity index is 1.44. The van der Waals surface area contributed by atoms with Gasteiger partial charge in [-0.2, -0.15) is 0 Å². The van der Waals surface area contributed by atoms with Crippen molar-refractivity contribution in [2.24, 2.45) is 5.92 Å². The molecule has 0 unspecified atom stereocenters. The number of hydrogen-bond acceptors (Lipinski definition) is 3. The lowest BCUT2D eigenvalue weighted by Crippen LogP contribution is -2.32. The molecule has 4 nitrogen and oxygen atoms in total. The first-order valence-corrected chi connectivity index (χ1v) is 9.62. The first kappa shape index (κ1) is 18.6. The van der Waals surface area contributed by atoms with Crippen molar-refractivity contribution in [3.8, 4) is 0 Å². The predicted octanol–water partition coefficient (Wildman–Crippen LogP) is 5.02. The van der Waals surface area contributed by atoms with Crippen molar-refractivity contribution in [1.82, 2.24) is 0 Å². The summed E-state index contributed by atoms with van der Waals surface area (Å²) >= 11 is 5.95. The molecule has 1 heterocycles. The quantitative estimate of drug-likeness (QED) is 0.749. The number of carbonyl (C=O) groups is 1. The lowest BCUT2D eigenvalue weighted by molar-refractivity contribution is -0.115. The van der Waals surface area contributed by atoms with Gasteiger partial charge in [-0.15, -0.1) is 0 Å². The van der Waals surface area contributed by atoms with Crippen LogP contribution in [0.5, 0.6) is 0 Å². The minimum absolute atomic E-state index is 0.000856. The van der Waals surface area contributed by atoms with Crippen molar-refractivity contribution < 1.29 is 4.79 Å².